The molecule has 0 aromatic heterocycles. The maximum atomic E-state index is 11.6. The minimum Gasteiger partial charge on any atom is -0.349 e. The molecule has 1 N–H and O–H groups in total. The van der Waals surface area contributed by atoms with Gasteiger partial charge < -0.3 is 15.1 Å². The Bertz CT molecular complexity index is 260. The fourth-order valence-electron chi connectivity index (χ4n) is 2.61. The van der Waals surface area contributed by atoms with E-state index < -0.39 is 0 Å². The molecule has 0 bridgehead atoms. The zero-order chi connectivity index (χ0) is 14.3. The Kier molecular flexibility index (Phi) is 7.39. The van der Waals surface area contributed by atoms with Crippen molar-refractivity contribution >= 4 is 5.91 Å². The Morgan fingerprint density at radius 1 is 1.26 bits per heavy atom. The number of carbonyl (C=O) groups is 1. The van der Waals surface area contributed by atoms with Crippen LogP contribution in [-0.4, -0.2) is 62.0 Å². The number of nitrogens with zero attached hydrogens (tertiary/aromatic N) is 2. The molecule has 0 aromatic rings. The van der Waals surface area contributed by atoms with Gasteiger partial charge in [0.15, 0.2) is 0 Å². The predicted octanol–water partition coefficient (Wildman–Crippen LogP) is 1.56. The molecular weight excluding hydrogens is 238 g/mol. The first-order valence-corrected chi connectivity index (χ1v) is 7.65. The fourth-order valence-corrected chi connectivity index (χ4v) is 2.61. The normalized spacial score (nSPS) is 17.2. The third-order valence-electron chi connectivity index (χ3n) is 4.02. The maximum Gasteiger partial charge on any atom is 0.222 e. The summed E-state index contributed by atoms with van der Waals surface area (Å²) in [6.45, 7) is 9.08. The summed E-state index contributed by atoms with van der Waals surface area (Å²) in [6, 6.07) is 0.573. The molecule has 0 aromatic carbocycles. The molecule has 0 saturated carbocycles. The van der Waals surface area contributed by atoms with Gasteiger partial charge in [0.2, 0.25) is 5.91 Å². The van der Waals surface area contributed by atoms with Gasteiger partial charge in [-0.15, -0.1) is 0 Å². The van der Waals surface area contributed by atoms with Crippen LogP contribution < -0.4 is 5.32 Å². The minimum absolute atomic E-state index is 0.241. The average molecular weight is 269 g/mol. The first-order chi connectivity index (χ1) is 9.00. The van der Waals surface area contributed by atoms with Gasteiger partial charge in [0.05, 0.1) is 0 Å². The van der Waals surface area contributed by atoms with Crippen LogP contribution >= 0.6 is 0 Å². The highest BCUT2D eigenvalue weighted by atomic mass is 16.2. The second-order valence-corrected chi connectivity index (χ2v) is 6.17. The lowest BCUT2D eigenvalue weighted by atomic mass is 9.97. The van der Waals surface area contributed by atoms with Gasteiger partial charge in [-0.05, 0) is 58.7 Å². The van der Waals surface area contributed by atoms with Gasteiger partial charge in [0, 0.05) is 33.1 Å². The van der Waals surface area contributed by atoms with Crippen molar-refractivity contribution in [1.29, 1.82) is 0 Å². The molecule has 0 aliphatic carbocycles. The van der Waals surface area contributed by atoms with E-state index in [2.05, 4.69) is 24.1 Å². The van der Waals surface area contributed by atoms with Crippen molar-refractivity contribution < 1.29 is 4.79 Å². The lowest BCUT2D eigenvalue weighted by Gasteiger charge is -2.32. The van der Waals surface area contributed by atoms with Crippen molar-refractivity contribution in [3.63, 3.8) is 0 Å². The Morgan fingerprint density at radius 2 is 1.89 bits per heavy atom. The Labute approximate surface area is 118 Å². The van der Waals surface area contributed by atoms with E-state index in [-0.39, 0.29) is 5.91 Å². The molecule has 1 rings (SSSR count). The van der Waals surface area contributed by atoms with Crippen molar-refractivity contribution in [2.75, 3.05) is 40.3 Å². The summed E-state index contributed by atoms with van der Waals surface area (Å²) in [5, 5.41) is 3.42. The van der Waals surface area contributed by atoms with Crippen molar-refractivity contribution in [1.82, 2.24) is 15.1 Å². The quantitative estimate of drug-likeness (QED) is 0.762. The highest BCUT2D eigenvalue weighted by Gasteiger charge is 2.18. The molecule has 0 spiro atoms. The molecule has 4 nitrogen and oxygen atoms in total. The van der Waals surface area contributed by atoms with Crippen LogP contribution in [0.15, 0.2) is 0 Å². The van der Waals surface area contributed by atoms with Crippen LogP contribution in [0, 0.1) is 5.92 Å². The predicted molar refractivity (Wildman–Crippen MR) is 80.2 cm³/mol. The summed E-state index contributed by atoms with van der Waals surface area (Å²) >= 11 is 0. The molecule has 1 fully saturated rings. The second kappa shape index (κ2) is 8.54. The summed E-state index contributed by atoms with van der Waals surface area (Å²) in [7, 11) is 3.66. The second-order valence-electron chi connectivity index (χ2n) is 6.17. The average Bonchev–Trinajstić information content (AvgIpc) is 2.38. The number of carbonyl (C=O) groups excluding carboxylic acids is 1. The van der Waals surface area contributed by atoms with Crippen molar-refractivity contribution in [3.05, 3.63) is 0 Å². The van der Waals surface area contributed by atoms with E-state index in [9.17, 15) is 4.79 Å². The van der Waals surface area contributed by atoms with Gasteiger partial charge in [-0.3, -0.25) is 4.79 Å². The molecule has 1 heterocycles. The van der Waals surface area contributed by atoms with Gasteiger partial charge in [-0.2, -0.15) is 0 Å². The highest BCUT2D eigenvalue weighted by molar-refractivity contribution is 5.75. The minimum atomic E-state index is 0.241. The van der Waals surface area contributed by atoms with Crippen LogP contribution in [0.5, 0.6) is 0 Å². The van der Waals surface area contributed by atoms with Crippen LogP contribution in [-0.2, 0) is 4.79 Å². The van der Waals surface area contributed by atoms with Crippen LogP contribution in [0.3, 0.4) is 0 Å². The SMILES string of the molecule is CC(C)N(CCCC(=O)N(C)C)CC1CCNCC1. The molecule has 112 valence electrons. The van der Waals surface area contributed by atoms with Crippen LogP contribution in [0.1, 0.15) is 39.5 Å². The number of hydrogen-bond acceptors (Lipinski definition) is 3. The summed E-state index contributed by atoms with van der Waals surface area (Å²) < 4.78 is 0. The lowest BCUT2D eigenvalue weighted by Crippen LogP contribution is -2.40. The summed E-state index contributed by atoms with van der Waals surface area (Å²) in [5.41, 5.74) is 0. The third kappa shape index (κ3) is 6.39. The van der Waals surface area contributed by atoms with Crippen molar-refractivity contribution in [2.24, 2.45) is 5.92 Å². The number of amides is 1. The van der Waals surface area contributed by atoms with E-state index in [1.165, 1.54) is 19.4 Å². The van der Waals surface area contributed by atoms with Crippen molar-refractivity contribution in [2.45, 2.75) is 45.6 Å². The highest BCUT2D eigenvalue weighted by Crippen LogP contribution is 2.15. The molecule has 1 saturated heterocycles. The van der Waals surface area contributed by atoms with Crippen LogP contribution in [0.4, 0.5) is 0 Å². The van der Waals surface area contributed by atoms with Crippen molar-refractivity contribution in [3.8, 4) is 0 Å². The molecule has 1 aliphatic rings. The zero-order valence-electron chi connectivity index (χ0n) is 13.1. The van der Waals surface area contributed by atoms with E-state index in [0.29, 0.717) is 12.5 Å². The number of nitrogens with one attached hydrogen (secondary N) is 1. The van der Waals surface area contributed by atoms with E-state index >= 15 is 0 Å². The maximum absolute atomic E-state index is 11.6. The van der Waals surface area contributed by atoms with E-state index in [1.54, 1.807) is 4.90 Å². The van der Waals surface area contributed by atoms with Gasteiger partial charge in [-0.1, -0.05) is 0 Å². The summed E-state index contributed by atoms with van der Waals surface area (Å²) in [6.07, 6.45) is 4.22. The smallest absolute Gasteiger partial charge is 0.222 e. The number of rotatable bonds is 7. The summed E-state index contributed by atoms with van der Waals surface area (Å²) in [5.74, 6) is 1.07. The van der Waals surface area contributed by atoms with E-state index in [1.807, 2.05) is 14.1 Å². The molecule has 19 heavy (non-hydrogen) atoms. The Hall–Kier alpha value is -0.610. The standard InChI is InChI=1S/C15H31N3O/c1-13(2)18(11-5-6-15(19)17(3)4)12-14-7-9-16-10-8-14/h13-14,16H,5-12H2,1-4H3. The largest absolute Gasteiger partial charge is 0.349 e. The first kappa shape index (κ1) is 16.4. The molecular formula is C15H31N3O. The fraction of sp³-hybridized carbons (Fsp3) is 0.933. The lowest BCUT2D eigenvalue weighted by molar-refractivity contribution is -0.128. The number of piperidine rings is 1. The zero-order valence-corrected chi connectivity index (χ0v) is 13.1. The number of hydrogen-bond donors (Lipinski definition) is 1. The molecule has 1 aliphatic heterocycles. The van der Waals surface area contributed by atoms with Gasteiger partial charge in [0.25, 0.3) is 0 Å². The molecule has 0 atom stereocenters. The van der Waals surface area contributed by atoms with Crippen LogP contribution in [0.25, 0.3) is 0 Å². The van der Waals surface area contributed by atoms with E-state index in [4.69, 9.17) is 0 Å². The Balaban J connectivity index is 2.29. The topological polar surface area (TPSA) is 35.6 Å². The third-order valence-corrected chi connectivity index (χ3v) is 4.02. The molecule has 1 amide bonds. The van der Waals surface area contributed by atoms with Gasteiger partial charge in [0.1, 0.15) is 0 Å². The van der Waals surface area contributed by atoms with E-state index in [0.717, 1.165) is 32.0 Å². The monoisotopic (exact) mass is 269 g/mol. The van der Waals surface area contributed by atoms with Gasteiger partial charge >= 0.3 is 0 Å². The molecule has 4 heteroatoms. The Morgan fingerprint density at radius 3 is 2.42 bits per heavy atom. The van der Waals surface area contributed by atoms with Crippen LogP contribution in [0.2, 0.25) is 0 Å². The molecule has 0 unspecified atom stereocenters. The van der Waals surface area contributed by atoms with Gasteiger partial charge in [-0.25, -0.2) is 0 Å². The summed E-state index contributed by atoms with van der Waals surface area (Å²) in [4.78, 5) is 15.8. The first-order valence-electron chi connectivity index (χ1n) is 7.65. The molecule has 0 radical (unpaired) electrons.